The Hall–Kier alpha value is -3.42. The molecule has 1 aliphatic heterocycles. The van der Waals surface area contributed by atoms with E-state index in [4.69, 9.17) is 5.10 Å². The predicted molar refractivity (Wildman–Crippen MR) is 100.0 cm³/mol. The van der Waals surface area contributed by atoms with E-state index in [0.717, 1.165) is 42.0 Å². The molecule has 1 aliphatic rings. The summed E-state index contributed by atoms with van der Waals surface area (Å²) in [4.78, 5) is 14.8. The third-order valence-corrected chi connectivity index (χ3v) is 4.95. The summed E-state index contributed by atoms with van der Waals surface area (Å²) in [5.41, 5.74) is 2.79. The summed E-state index contributed by atoms with van der Waals surface area (Å²) >= 11 is 0. The van der Waals surface area contributed by atoms with Gasteiger partial charge in [-0.05, 0) is 43.5 Å². The highest BCUT2D eigenvalue weighted by Crippen LogP contribution is 2.33. The highest BCUT2D eigenvalue weighted by atomic mass is 15.4. The Bertz CT molecular complexity index is 1050. The van der Waals surface area contributed by atoms with Gasteiger partial charge in [0, 0.05) is 42.5 Å². The van der Waals surface area contributed by atoms with Crippen molar-refractivity contribution in [2.45, 2.75) is 25.3 Å². The second-order valence-corrected chi connectivity index (χ2v) is 6.60. The summed E-state index contributed by atoms with van der Waals surface area (Å²) in [7, 11) is 0. The van der Waals surface area contributed by atoms with E-state index in [1.807, 2.05) is 36.7 Å². The molecule has 134 valence electrons. The molecule has 0 aromatic carbocycles. The van der Waals surface area contributed by atoms with E-state index in [9.17, 15) is 0 Å². The third-order valence-electron chi connectivity index (χ3n) is 4.95. The van der Waals surface area contributed by atoms with E-state index in [2.05, 4.69) is 30.0 Å². The summed E-state index contributed by atoms with van der Waals surface area (Å²) in [5, 5.41) is 13.4. The zero-order valence-corrected chi connectivity index (χ0v) is 14.7. The molecule has 0 N–H and O–H groups in total. The van der Waals surface area contributed by atoms with E-state index in [1.165, 1.54) is 6.42 Å². The first-order valence-corrected chi connectivity index (χ1v) is 9.04. The van der Waals surface area contributed by atoms with Gasteiger partial charge in [-0.1, -0.05) is 0 Å². The van der Waals surface area contributed by atoms with Crippen molar-refractivity contribution in [3.05, 3.63) is 60.9 Å². The molecule has 5 heterocycles. The van der Waals surface area contributed by atoms with Crippen molar-refractivity contribution in [1.29, 1.82) is 0 Å². The van der Waals surface area contributed by atoms with Crippen LogP contribution in [0.25, 0.3) is 17.0 Å². The largest absolute Gasteiger partial charge is 0.348 e. The number of piperidine rings is 1. The van der Waals surface area contributed by atoms with Crippen molar-refractivity contribution in [3.63, 3.8) is 0 Å². The minimum absolute atomic E-state index is 0.228. The van der Waals surface area contributed by atoms with Crippen molar-refractivity contribution < 1.29 is 0 Å². The number of anilines is 1. The minimum Gasteiger partial charge on any atom is -0.348 e. The first-order valence-electron chi connectivity index (χ1n) is 9.04. The Balaban J connectivity index is 1.58. The molecule has 0 amide bonds. The second-order valence-electron chi connectivity index (χ2n) is 6.60. The van der Waals surface area contributed by atoms with Gasteiger partial charge < -0.3 is 4.90 Å². The van der Waals surface area contributed by atoms with Crippen LogP contribution in [0.4, 0.5) is 5.82 Å². The molecule has 1 atom stereocenters. The fourth-order valence-electron chi connectivity index (χ4n) is 3.65. The van der Waals surface area contributed by atoms with Crippen molar-refractivity contribution in [1.82, 2.24) is 34.8 Å². The van der Waals surface area contributed by atoms with Gasteiger partial charge in [0.1, 0.15) is 12.1 Å². The number of rotatable bonds is 3. The van der Waals surface area contributed by atoms with Crippen LogP contribution >= 0.6 is 0 Å². The minimum atomic E-state index is 0.228. The Kier molecular flexibility index (Phi) is 3.93. The van der Waals surface area contributed by atoms with E-state index < -0.39 is 0 Å². The Morgan fingerprint density at radius 3 is 2.59 bits per heavy atom. The van der Waals surface area contributed by atoms with E-state index in [0.29, 0.717) is 5.82 Å². The van der Waals surface area contributed by atoms with E-state index in [-0.39, 0.29) is 6.04 Å². The molecule has 8 nitrogen and oxygen atoms in total. The summed E-state index contributed by atoms with van der Waals surface area (Å²) in [6.07, 6.45) is 12.3. The Labute approximate surface area is 155 Å². The smallest absolute Gasteiger partial charge is 0.185 e. The molecule has 1 unspecified atom stereocenters. The van der Waals surface area contributed by atoms with Crippen LogP contribution in [0.2, 0.25) is 0 Å². The second kappa shape index (κ2) is 6.71. The summed E-state index contributed by atoms with van der Waals surface area (Å²) in [5.74, 6) is 1.62. The predicted octanol–water partition coefficient (Wildman–Crippen LogP) is 2.71. The maximum atomic E-state index is 4.87. The molecule has 0 aliphatic carbocycles. The van der Waals surface area contributed by atoms with Crippen LogP contribution in [0.15, 0.2) is 55.4 Å². The molecule has 0 saturated carbocycles. The Morgan fingerprint density at radius 1 is 0.889 bits per heavy atom. The average Bonchev–Trinajstić information content (AvgIpc) is 3.18. The van der Waals surface area contributed by atoms with Crippen LogP contribution in [-0.2, 0) is 0 Å². The summed E-state index contributed by atoms with van der Waals surface area (Å²) < 4.78 is 1.80. The van der Waals surface area contributed by atoms with Crippen molar-refractivity contribution >= 4 is 11.5 Å². The summed E-state index contributed by atoms with van der Waals surface area (Å²) in [6.45, 7) is 0.949. The molecular formula is C19H18N8. The normalized spacial score (nSPS) is 17.3. The Morgan fingerprint density at radius 2 is 1.74 bits per heavy atom. The van der Waals surface area contributed by atoms with Gasteiger partial charge in [-0.3, -0.25) is 4.98 Å². The first kappa shape index (κ1) is 15.8. The number of fused-ring (bicyclic) bond motifs is 1. The molecule has 0 bridgehead atoms. The lowest BCUT2D eigenvalue weighted by molar-refractivity contribution is 0.465. The van der Waals surface area contributed by atoms with Gasteiger partial charge in [0.25, 0.3) is 0 Å². The lowest BCUT2D eigenvalue weighted by Crippen LogP contribution is -2.34. The van der Waals surface area contributed by atoms with Crippen LogP contribution in [0.1, 0.15) is 30.9 Å². The average molecular weight is 358 g/mol. The highest BCUT2D eigenvalue weighted by molar-refractivity contribution is 5.59. The van der Waals surface area contributed by atoms with Gasteiger partial charge in [-0.25, -0.2) is 9.97 Å². The quantitative estimate of drug-likeness (QED) is 0.556. The molecule has 27 heavy (non-hydrogen) atoms. The third kappa shape index (κ3) is 2.88. The SMILES string of the molecule is c1cc(-c2nnc3ccc(N4CCCCC4c4cncnc4)nn23)ccn1. The molecule has 0 radical (unpaired) electrons. The van der Waals surface area contributed by atoms with Crippen LogP contribution in [0.3, 0.4) is 0 Å². The van der Waals surface area contributed by atoms with Crippen LogP contribution < -0.4 is 4.90 Å². The number of aromatic nitrogens is 7. The molecule has 5 rings (SSSR count). The number of hydrogen-bond donors (Lipinski definition) is 0. The van der Waals surface area contributed by atoms with Crippen LogP contribution in [0, 0.1) is 0 Å². The van der Waals surface area contributed by atoms with E-state index in [1.54, 1.807) is 23.2 Å². The lowest BCUT2D eigenvalue weighted by Gasteiger charge is -2.36. The number of pyridine rings is 1. The maximum absolute atomic E-state index is 4.87. The maximum Gasteiger partial charge on any atom is 0.185 e. The molecule has 4 aromatic heterocycles. The topological polar surface area (TPSA) is 85.0 Å². The monoisotopic (exact) mass is 358 g/mol. The fraction of sp³-hybridized carbons (Fsp3) is 0.263. The molecular weight excluding hydrogens is 340 g/mol. The number of hydrogen-bond acceptors (Lipinski definition) is 7. The van der Waals surface area contributed by atoms with Gasteiger partial charge in [0.15, 0.2) is 11.5 Å². The zero-order chi connectivity index (χ0) is 18.1. The van der Waals surface area contributed by atoms with Gasteiger partial charge in [-0.2, -0.15) is 4.52 Å². The summed E-state index contributed by atoms with van der Waals surface area (Å²) in [6, 6.07) is 8.03. The fourth-order valence-corrected chi connectivity index (χ4v) is 3.65. The molecule has 1 fully saturated rings. The van der Waals surface area contributed by atoms with Crippen molar-refractivity contribution in [3.8, 4) is 11.4 Å². The number of nitrogens with zero attached hydrogens (tertiary/aromatic N) is 8. The van der Waals surface area contributed by atoms with Crippen LogP contribution in [0.5, 0.6) is 0 Å². The van der Waals surface area contributed by atoms with Gasteiger partial charge in [0.05, 0.1) is 6.04 Å². The zero-order valence-electron chi connectivity index (χ0n) is 14.7. The van der Waals surface area contributed by atoms with Crippen molar-refractivity contribution in [2.75, 3.05) is 11.4 Å². The van der Waals surface area contributed by atoms with Gasteiger partial charge >= 0.3 is 0 Å². The molecule has 8 heteroatoms. The van der Waals surface area contributed by atoms with Gasteiger partial charge in [0.2, 0.25) is 0 Å². The standard InChI is InChI=1S/C19H18N8/c1-2-10-26(16(3-1)15-11-21-13-22-12-15)18-5-4-17-23-24-19(27(17)25-18)14-6-8-20-9-7-14/h4-9,11-13,16H,1-3,10H2. The first-order chi connectivity index (χ1) is 13.4. The molecule has 0 spiro atoms. The highest BCUT2D eigenvalue weighted by Gasteiger charge is 2.26. The van der Waals surface area contributed by atoms with Crippen molar-refractivity contribution in [2.24, 2.45) is 0 Å². The molecule has 4 aromatic rings. The van der Waals surface area contributed by atoms with E-state index >= 15 is 0 Å². The molecule has 1 saturated heterocycles. The van der Waals surface area contributed by atoms with Crippen LogP contribution in [-0.4, -0.2) is 41.3 Å². The van der Waals surface area contributed by atoms with Gasteiger partial charge in [-0.15, -0.1) is 15.3 Å². The lowest BCUT2D eigenvalue weighted by atomic mass is 9.97.